The number of ether oxygens (including phenoxy) is 3. The number of nitrogens with two attached hydrogens (primary N) is 1. The average Bonchev–Trinajstić information content (AvgIpc) is 2.83. The Bertz CT molecular complexity index is 740. The van der Waals surface area contributed by atoms with Crippen LogP contribution in [0.1, 0.15) is 51.9 Å². The van der Waals surface area contributed by atoms with Gasteiger partial charge in [0, 0.05) is 13.7 Å². The number of hydrogen-bond acceptors (Lipinski definition) is 10. The van der Waals surface area contributed by atoms with Crippen molar-refractivity contribution in [3.05, 3.63) is 0 Å². The predicted molar refractivity (Wildman–Crippen MR) is 130 cm³/mol. The first-order valence-corrected chi connectivity index (χ1v) is 11.8. The highest BCUT2D eigenvalue weighted by atomic mass is 16.5. The number of nitrogens with zero attached hydrogens (tertiary/aromatic N) is 5. The molecule has 10 heteroatoms. The van der Waals surface area contributed by atoms with Gasteiger partial charge in [-0.05, 0) is 58.5 Å². The van der Waals surface area contributed by atoms with Gasteiger partial charge in [-0.2, -0.15) is 9.97 Å². The first kappa shape index (κ1) is 26.8. The molecule has 33 heavy (non-hydrogen) atoms. The summed E-state index contributed by atoms with van der Waals surface area (Å²) in [5.41, 5.74) is 6.55. The van der Waals surface area contributed by atoms with Crippen molar-refractivity contribution >= 4 is 30.0 Å². The molecule has 1 aromatic heterocycles. The number of aromatic nitrogens is 2. The maximum Gasteiger partial charge on any atom is 0.320 e. The molecule has 0 spiro atoms. The van der Waals surface area contributed by atoms with Crippen molar-refractivity contribution in [2.75, 3.05) is 64.4 Å². The van der Waals surface area contributed by atoms with Gasteiger partial charge in [0.05, 0.1) is 19.6 Å². The lowest BCUT2D eigenvalue weighted by Gasteiger charge is -2.30. The van der Waals surface area contributed by atoms with Crippen LogP contribution in [-0.4, -0.2) is 81.3 Å². The van der Waals surface area contributed by atoms with E-state index in [0.29, 0.717) is 24.8 Å². The van der Waals surface area contributed by atoms with Crippen molar-refractivity contribution in [3.8, 4) is 6.01 Å². The van der Waals surface area contributed by atoms with Crippen LogP contribution in [0, 0.1) is 5.92 Å². The van der Waals surface area contributed by atoms with Crippen molar-refractivity contribution in [2.24, 2.45) is 10.9 Å². The monoisotopic (exact) mass is 464 g/mol. The van der Waals surface area contributed by atoms with Gasteiger partial charge in [0.25, 0.3) is 0 Å². The third-order valence-electron chi connectivity index (χ3n) is 5.87. The molecule has 2 N–H and O–H groups in total. The van der Waals surface area contributed by atoms with Crippen molar-refractivity contribution in [1.29, 1.82) is 0 Å². The number of anilines is 2. The van der Waals surface area contributed by atoms with Crippen LogP contribution in [0.15, 0.2) is 4.99 Å². The summed E-state index contributed by atoms with van der Waals surface area (Å²) < 4.78 is 15.9. The number of piperidine rings is 1. The van der Waals surface area contributed by atoms with Crippen molar-refractivity contribution in [2.45, 2.75) is 51.9 Å². The summed E-state index contributed by atoms with van der Waals surface area (Å²) in [5.74, 6) is 0.803. The van der Waals surface area contributed by atoms with E-state index in [4.69, 9.17) is 19.9 Å². The molecule has 1 aliphatic rings. The molecule has 1 aliphatic heterocycles. The number of nitrogen functional groups attached to an aromatic ring is 1. The molecule has 0 radical (unpaired) electrons. The van der Waals surface area contributed by atoms with Gasteiger partial charge >= 0.3 is 12.0 Å². The standard InChI is InChI=1S/C23H40N6O4/c1-5-6-16-33-23-26-20(24)19(25-2)21(27-23)29(17-31-3)13-9-7-8-12-28-14-10-18(11-15-28)22(30)32-4/h18H,2,5-17H2,1,3-4H3,(H2,24,26,27). The number of carbonyl (C=O) groups is 1. The number of esters is 1. The van der Waals surface area contributed by atoms with Crippen molar-refractivity contribution < 1.29 is 19.0 Å². The van der Waals surface area contributed by atoms with Gasteiger partial charge in [-0.15, -0.1) is 0 Å². The number of aliphatic imine (C=N–C) groups is 1. The Labute approximate surface area is 197 Å². The number of rotatable bonds is 15. The van der Waals surface area contributed by atoms with Crippen LogP contribution in [0.25, 0.3) is 0 Å². The molecular weight excluding hydrogens is 424 g/mol. The first-order valence-electron chi connectivity index (χ1n) is 11.8. The van der Waals surface area contributed by atoms with E-state index in [-0.39, 0.29) is 23.7 Å². The summed E-state index contributed by atoms with van der Waals surface area (Å²) >= 11 is 0. The summed E-state index contributed by atoms with van der Waals surface area (Å²) in [6.07, 6.45) is 6.82. The van der Waals surface area contributed by atoms with E-state index >= 15 is 0 Å². The Kier molecular flexibility index (Phi) is 11.9. The van der Waals surface area contributed by atoms with E-state index < -0.39 is 0 Å². The molecule has 1 aromatic rings. The maximum absolute atomic E-state index is 11.7. The Morgan fingerprint density at radius 3 is 2.61 bits per heavy atom. The van der Waals surface area contributed by atoms with Crippen LogP contribution < -0.4 is 15.4 Å². The van der Waals surface area contributed by atoms with Gasteiger partial charge < -0.3 is 29.7 Å². The molecule has 0 unspecified atom stereocenters. The van der Waals surface area contributed by atoms with E-state index in [1.54, 1.807) is 7.11 Å². The molecule has 1 fully saturated rings. The fourth-order valence-electron chi connectivity index (χ4n) is 3.94. The molecule has 186 valence electrons. The summed E-state index contributed by atoms with van der Waals surface area (Å²) in [6, 6.07) is 0.250. The minimum atomic E-state index is -0.0782. The molecule has 0 amide bonds. The highest BCUT2D eigenvalue weighted by Crippen LogP contribution is 2.33. The minimum Gasteiger partial charge on any atom is -0.469 e. The molecule has 0 atom stereocenters. The van der Waals surface area contributed by atoms with Gasteiger partial charge in [0.15, 0.2) is 11.6 Å². The van der Waals surface area contributed by atoms with Crippen molar-refractivity contribution in [1.82, 2.24) is 14.9 Å². The summed E-state index contributed by atoms with van der Waals surface area (Å²) in [4.78, 5) is 28.9. The summed E-state index contributed by atoms with van der Waals surface area (Å²) in [5, 5.41) is 0. The highest BCUT2D eigenvalue weighted by molar-refractivity contribution is 5.75. The molecule has 0 saturated carbocycles. The topological polar surface area (TPSA) is 115 Å². The highest BCUT2D eigenvalue weighted by Gasteiger charge is 2.25. The first-order chi connectivity index (χ1) is 16.0. The van der Waals surface area contributed by atoms with Crippen molar-refractivity contribution in [3.63, 3.8) is 0 Å². The molecule has 10 nitrogen and oxygen atoms in total. The minimum absolute atomic E-state index is 0.0534. The number of unbranched alkanes of at least 4 members (excludes halogenated alkanes) is 3. The van der Waals surface area contributed by atoms with Gasteiger partial charge in [0.1, 0.15) is 12.4 Å². The van der Waals surface area contributed by atoms with Gasteiger partial charge in [-0.3, -0.25) is 9.79 Å². The van der Waals surface area contributed by atoms with E-state index in [9.17, 15) is 4.79 Å². The largest absolute Gasteiger partial charge is 0.469 e. The quantitative estimate of drug-likeness (QED) is 0.181. The van der Waals surface area contributed by atoms with Crippen LogP contribution >= 0.6 is 0 Å². The number of carbonyl (C=O) groups excluding carboxylic acids is 1. The van der Waals surface area contributed by atoms with Gasteiger partial charge in [-0.25, -0.2) is 0 Å². The fourth-order valence-corrected chi connectivity index (χ4v) is 3.94. The summed E-state index contributed by atoms with van der Waals surface area (Å²) in [7, 11) is 3.11. The summed E-state index contributed by atoms with van der Waals surface area (Å²) in [6.45, 7) is 10.3. The zero-order valence-electron chi connectivity index (χ0n) is 20.4. The third-order valence-corrected chi connectivity index (χ3v) is 5.87. The molecule has 0 bridgehead atoms. The molecule has 2 rings (SSSR count). The van der Waals surface area contributed by atoms with E-state index in [0.717, 1.165) is 71.1 Å². The van der Waals surface area contributed by atoms with Crippen LogP contribution in [0.3, 0.4) is 0 Å². The lowest BCUT2D eigenvalue weighted by molar-refractivity contribution is -0.147. The van der Waals surface area contributed by atoms with Crippen LogP contribution in [0.5, 0.6) is 6.01 Å². The zero-order chi connectivity index (χ0) is 24.1. The van der Waals surface area contributed by atoms with E-state index in [2.05, 4.69) is 33.5 Å². The van der Waals surface area contributed by atoms with E-state index in [1.807, 2.05) is 4.90 Å². The Balaban J connectivity index is 1.86. The number of methoxy groups -OCH3 is 2. The van der Waals surface area contributed by atoms with Crippen LogP contribution in [0.4, 0.5) is 17.3 Å². The van der Waals surface area contributed by atoms with Gasteiger partial charge in [-0.1, -0.05) is 19.8 Å². The maximum atomic E-state index is 11.7. The van der Waals surface area contributed by atoms with E-state index in [1.165, 1.54) is 7.11 Å². The molecule has 1 saturated heterocycles. The molecule has 2 heterocycles. The molecule has 0 aliphatic carbocycles. The lowest BCUT2D eigenvalue weighted by Crippen LogP contribution is -2.37. The Morgan fingerprint density at radius 1 is 1.21 bits per heavy atom. The number of hydrogen-bond donors (Lipinski definition) is 1. The van der Waals surface area contributed by atoms with Crippen LogP contribution in [-0.2, 0) is 14.3 Å². The normalized spacial score (nSPS) is 14.8. The SMILES string of the molecule is C=Nc1c(N)nc(OCCCC)nc1N(CCCCCN1CCC(C(=O)OC)CC1)COC. The lowest BCUT2D eigenvalue weighted by atomic mass is 9.97. The zero-order valence-corrected chi connectivity index (χ0v) is 20.4. The third kappa shape index (κ3) is 8.43. The second-order valence-electron chi connectivity index (χ2n) is 8.30. The van der Waals surface area contributed by atoms with Gasteiger partial charge in [0.2, 0.25) is 0 Å². The number of likely N-dealkylation sites (tertiary alicyclic amines) is 1. The predicted octanol–water partition coefficient (Wildman–Crippen LogP) is 3.04. The van der Waals surface area contributed by atoms with Crippen LogP contribution in [0.2, 0.25) is 0 Å². The molecular formula is C23H40N6O4. The Hall–Kier alpha value is -2.46. The Morgan fingerprint density at radius 2 is 1.97 bits per heavy atom. The average molecular weight is 465 g/mol. The second-order valence-corrected chi connectivity index (χ2v) is 8.30. The smallest absolute Gasteiger partial charge is 0.320 e. The second kappa shape index (κ2) is 14.6. The molecule has 0 aromatic carbocycles. The fraction of sp³-hybridized carbons (Fsp3) is 0.739.